The van der Waals surface area contributed by atoms with Gasteiger partial charge in [0, 0.05) is 28.2 Å². The van der Waals surface area contributed by atoms with Crippen molar-refractivity contribution in [1.82, 2.24) is 9.88 Å². The Hall–Kier alpha value is -2.43. The summed E-state index contributed by atoms with van der Waals surface area (Å²) < 4.78 is 69.6. The molecule has 3 aromatic rings. The van der Waals surface area contributed by atoms with E-state index in [4.69, 9.17) is 11.6 Å². The summed E-state index contributed by atoms with van der Waals surface area (Å²) in [4.78, 5) is 4.87. The maximum absolute atomic E-state index is 13.3. The van der Waals surface area contributed by atoms with Crippen molar-refractivity contribution in [2.45, 2.75) is 35.0 Å². The molecule has 4 rings (SSSR count). The van der Waals surface area contributed by atoms with Crippen LogP contribution in [0.25, 0.3) is 10.9 Å². The van der Waals surface area contributed by atoms with E-state index in [1.807, 2.05) is 7.05 Å². The molecule has 2 N–H and O–H groups in total. The third-order valence-corrected chi connectivity index (χ3v) is 7.49. The zero-order valence-electron chi connectivity index (χ0n) is 17.0. The Morgan fingerprint density at radius 2 is 1.88 bits per heavy atom. The van der Waals surface area contributed by atoms with Crippen LogP contribution in [0.2, 0.25) is 5.02 Å². The first kappa shape index (κ1) is 22.8. The van der Waals surface area contributed by atoms with Gasteiger partial charge in [-0.1, -0.05) is 17.7 Å². The summed E-state index contributed by atoms with van der Waals surface area (Å²) in [6.45, 7) is 1.56. The molecular weight excluding hydrogens is 467 g/mol. The van der Waals surface area contributed by atoms with Crippen LogP contribution in [-0.4, -0.2) is 50.8 Å². The first-order valence-corrected chi connectivity index (χ1v) is 11.8. The average molecular weight is 488 g/mol. The zero-order valence-corrected chi connectivity index (χ0v) is 18.6. The Balaban J connectivity index is 1.73. The second-order valence-corrected chi connectivity index (χ2v) is 10.1. The van der Waals surface area contributed by atoms with Crippen molar-refractivity contribution in [2.24, 2.45) is 0 Å². The minimum atomic E-state index is -4.90. The standard InChI is InChI=1S/C21H21ClF3N3O3S/c1-28-8-6-14(7-9-28)27-18-11-15(3-5-19(18)31-21(23,24)25)32(29,30)20-12-26-17-10-13(22)2-4-16(17)20/h2-5,10-12,14,26-27H,6-9H2,1H3. The summed E-state index contributed by atoms with van der Waals surface area (Å²) in [5, 5.41) is 3.94. The molecule has 1 saturated heterocycles. The van der Waals surface area contributed by atoms with Crippen molar-refractivity contribution in [3.05, 3.63) is 47.6 Å². The molecule has 0 aliphatic carbocycles. The number of hydrogen-bond donors (Lipinski definition) is 2. The quantitative estimate of drug-likeness (QED) is 0.526. The van der Waals surface area contributed by atoms with Gasteiger partial charge in [0.25, 0.3) is 0 Å². The molecule has 0 amide bonds. The van der Waals surface area contributed by atoms with Crippen molar-refractivity contribution in [3.8, 4) is 5.75 Å². The lowest BCUT2D eigenvalue weighted by Crippen LogP contribution is -2.36. The third-order valence-electron chi connectivity index (χ3n) is 5.46. The maximum atomic E-state index is 13.3. The summed E-state index contributed by atoms with van der Waals surface area (Å²) in [6.07, 6.45) is -2.13. The van der Waals surface area contributed by atoms with Crippen LogP contribution in [0.4, 0.5) is 18.9 Å². The first-order chi connectivity index (χ1) is 15.0. The highest BCUT2D eigenvalue weighted by atomic mass is 35.5. The van der Waals surface area contributed by atoms with E-state index < -0.39 is 21.9 Å². The van der Waals surface area contributed by atoms with Gasteiger partial charge in [-0.25, -0.2) is 8.42 Å². The molecule has 1 aliphatic heterocycles. The maximum Gasteiger partial charge on any atom is 0.573 e. The van der Waals surface area contributed by atoms with Crippen molar-refractivity contribution in [1.29, 1.82) is 0 Å². The molecule has 0 radical (unpaired) electrons. The van der Waals surface area contributed by atoms with Crippen molar-refractivity contribution >= 4 is 38.0 Å². The first-order valence-electron chi connectivity index (χ1n) is 9.89. The van der Waals surface area contributed by atoms with E-state index in [1.54, 1.807) is 18.2 Å². The van der Waals surface area contributed by atoms with Crippen LogP contribution in [-0.2, 0) is 9.84 Å². The zero-order chi connectivity index (χ0) is 23.1. The number of hydrogen-bond acceptors (Lipinski definition) is 5. The number of benzene rings is 2. The summed E-state index contributed by atoms with van der Waals surface area (Å²) in [6, 6.07) is 8.00. The SMILES string of the molecule is CN1CCC(Nc2cc(S(=O)(=O)c3c[nH]c4cc(Cl)ccc34)ccc2OC(F)(F)F)CC1. The molecular formula is C21H21ClF3N3O3S. The Kier molecular flexibility index (Phi) is 6.04. The molecule has 1 aromatic heterocycles. The fourth-order valence-corrected chi connectivity index (χ4v) is 5.42. The highest BCUT2D eigenvalue weighted by Gasteiger charge is 2.33. The van der Waals surface area contributed by atoms with Crippen molar-refractivity contribution in [3.63, 3.8) is 0 Å². The molecule has 0 unspecified atom stereocenters. The molecule has 6 nitrogen and oxygen atoms in total. The van der Waals surface area contributed by atoms with E-state index in [0.29, 0.717) is 28.8 Å². The molecule has 0 atom stereocenters. The summed E-state index contributed by atoms with van der Waals surface area (Å²) in [7, 11) is -2.06. The van der Waals surface area contributed by atoms with Crippen LogP contribution in [0.3, 0.4) is 0 Å². The van der Waals surface area contributed by atoms with Crippen LogP contribution >= 0.6 is 11.6 Å². The Morgan fingerprint density at radius 3 is 2.56 bits per heavy atom. The molecule has 11 heteroatoms. The monoisotopic (exact) mass is 487 g/mol. The van der Waals surface area contributed by atoms with E-state index in [2.05, 4.69) is 19.9 Å². The number of halogens is 4. The number of aromatic nitrogens is 1. The number of alkyl halides is 3. The molecule has 2 heterocycles. The molecule has 32 heavy (non-hydrogen) atoms. The number of piperidine rings is 1. The Morgan fingerprint density at radius 1 is 1.16 bits per heavy atom. The highest BCUT2D eigenvalue weighted by Crippen LogP contribution is 2.36. The fourth-order valence-electron chi connectivity index (χ4n) is 3.80. The number of rotatable bonds is 5. The van der Waals surface area contributed by atoms with Gasteiger partial charge in [0.05, 0.1) is 15.5 Å². The number of aromatic amines is 1. The topological polar surface area (TPSA) is 74.4 Å². The second-order valence-electron chi connectivity index (χ2n) is 7.77. The number of likely N-dealkylation sites (tertiary alicyclic amines) is 1. The van der Waals surface area contributed by atoms with Crippen LogP contribution < -0.4 is 10.1 Å². The molecule has 1 fully saturated rings. The lowest BCUT2D eigenvalue weighted by Gasteiger charge is -2.30. The van der Waals surface area contributed by atoms with Crippen molar-refractivity contribution in [2.75, 3.05) is 25.5 Å². The van der Waals surface area contributed by atoms with Crippen LogP contribution in [0.15, 0.2) is 52.4 Å². The van der Waals surface area contributed by atoms with Gasteiger partial charge >= 0.3 is 6.36 Å². The molecule has 0 saturated carbocycles. The predicted molar refractivity (Wildman–Crippen MR) is 116 cm³/mol. The van der Waals surface area contributed by atoms with Gasteiger partial charge < -0.3 is 19.9 Å². The van der Waals surface area contributed by atoms with Gasteiger partial charge in [-0.15, -0.1) is 13.2 Å². The molecule has 2 aromatic carbocycles. The third kappa shape index (κ3) is 4.82. The minimum absolute atomic E-state index is 0.0129. The fraction of sp³-hybridized carbons (Fsp3) is 0.333. The second kappa shape index (κ2) is 8.49. The smallest absolute Gasteiger partial charge is 0.404 e. The number of fused-ring (bicyclic) bond motifs is 1. The number of nitrogens with one attached hydrogen (secondary N) is 2. The van der Waals surface area contributed by atoms with Gasteiger partial charge in [-0.3, -0.25) is 0 Å². The summed E-state index contributed by atoms with van der Waals surface area (Å²) in [5.41, 5.74) is 0.526. The molecule has 1 aliphatic rings. The van der Waals surface area contributed by atoms with E-state index in [9.17, 15) is 21.6 Å². The summed E-state index contributed by atoms with van der Waals surface area (Å²) in [5.74, 6) is -0.471. The van der Waals surface area contributed by atoms with Gasteiger partial charge in [0.2, 0.25) is 9.84 Å². The number of anilines is 1. The minimum Gasteiger partial charge on any atom is -0.404 e. The van der Waals surface area contributed by atoms with Crippen molar-refractivity contribution < 1.29 is 26.3 Å². The number of nitrogens with zero attached hydrogens (tertiary/aromatic N) is 1. The van der Waals surface area contributed by atoms with E-state index >= 15 is 0 Å². The Bertz CT molecular complexity index is 1240. The normalized spacial score (nSPS) is 16.4. The Labute approximate surface area is 188 Å². The van der Waals surface area contributed by atoms with Gasteiger partial charge in [0.1, 0.15) is 0 Å². The molecule has 0 spiro atoms. The number of sulfone groups is 1. The molecule has 0 bridgehead atoms. The highest BCUT2D eigenvalue weighted by molar-refractivity contribution is 7.91. The predicted octanol–water partition coefficient (Wildman–Crippen LogP) is 5.06. The molecule has 172 valence electrons. The lowest BCUT2D eigenvalue weighted by molar-refractivity contribution is -0.274. The van der Waals surface area contributed by atoms with E-state index in [1.165, 1.54) is 12.3 Å². The van der Waals surface area contributed by atoms with Gasteiger partial charge in [0.15, 0.2) is 5.75 Å². The van der Waals surface area contributed by atoms with Gasteiger partial charge in [-0.05, 0) is 63.3 Å². The van der Waals surface area contributed by atoms with E-state index in [-0.39, 0.29) is 21.5 Å². The van der Waals surface area contributed by atoms with Crippen LogP contribution in [0.1, 0.15) is 12.8 Å². The van der Waals surface area contributed by atoms with E-state index in [0.717, 1.165) is 25.2 Å². The summed E-state index contributed by atoms with van der Waals surface area (Å²) >= 11 is 5.97. The average Bonchev–Trinajstić information content (AvgIpc) is 3.13. The van der Waals surface area contributed by atoms with Gasteiger partial charge in [-0.2, -0.15) is 0 Å². The number of H-pyrrole nitrogens is 1. The number of ether oxygens (including phenoxy) is 1. The van der Waals surface area contributed by atoms with Crippen LogP contribution in [0, 0.1) is 0 Å². The lowest BCUT2D eigenvalue weighted by atomic mass is 10.1. The largest absolute Gasteiger partial charge is 0.573 e. The van der Waals surface area contributed by atoms with Crippen LogP contribution in [0.5, 0.6) is 5.75 Å².